The number of carboxylic acids is 2. The van der Waals surface area contributed by atoms with Gasteiger partial charge in [0, 0.05) is 107 Å². The number of primary amides is 2. The highest BCUT2D eigenvalue weighted by Crippen LogP contribution is 2.26. The largest absolute Gasteiger partial charge is 0.480 e. The molecule has 3 heterocycles. The second-order valence-electron chi connectivity index (χ2n) is 35.3. The van der Waals surface area contributed by atoms with Gasteiger partial charge in [-0.3, -0.25) is 91.2 Å². The van der Waals surface area contributed by atoms with Crippen LogP contribution >= 0.6 is 0 Å². The zero-order valence-electron chi connectivity index (χ0n) is 81.4. The number of ether oxygens (including phenoxy) is 2. The van der Waals surface area contributed by atoms with Crippen LogP contribution in [0, 0.1) is 0 Å². The standard InChI is InChI=1S/C93H148N26O24/c1-3-4-30-65(84(132)109-68-36-38-78(124)101-40-24-23-31-64(83(99)131)105-87(135)69(45-58(2)62-28-21-22-29-63(62)97)110-85(133)66(32-25-39-100-57-95)106-88(136)70(46-59-26-17-16-18-27-59)112-92(140)74-48-61(121)51-119(74)93(68)141)107-90(138)72(52-118(53-81(127)128)54-82(129)130)113-89(137)71(47-60(96)49-94)111-86(134)67(35-37-75(98)122)108-91(139)73(55-120)104-79(125)50-103-80(126)56-143-44-43-142-42-41-102-77(123)34-20-15-13-11-9-7-5-6-8-10-12-14-19-33-76-114-116-117-115-76/h16-18,21-22,26-29,49,61,64-74,100,120-121H,2-15,19-20,23-25,30-48,50-57,94-97H2,1H3,(H2,98,122)(H2,99,131)(H,101,124)(H,102,123)(H,103,126)(H,104,125)(H,105,135)(H,106,136)(H,107,138)(H,108,139)(H,109,132)(H,110,133)(H,111,134)(H,112,140)(H,113,137)(H,127,128)(H,129,130)(H,114,115,116,117)/b60-49-/t61-,64+,65+,66+,67+,68+,69+,70-,71+,72+,73+,74+/m1/s1. The number of aromatic amines is 1. The molecule has 12 atom stereocenters. The maximum atomic E-state index is 15.5. The van der Waals surface area contributed by atoms with Gasteiger partial charge in [-0.05, 0) is 98.4 Å². The lowest BCUT2D eigenvalue weighted by Gasteiger charge is -2.31. The lowest BCUT2D eigenvalue weighted by molar-refractivity contribution is -0.144. The Hall–Kier alpha value is -13.4. The number of para-hydroxylation sites is 1. The van der Waals surface area contributed by atoms with Gasteiger partial charge in [0.2, 0.25) is 94.5 Å². The number of nitrogens with two attached hydrogens (primary N) is 6. The van der Waals surface area contributed by atoms with E-state index in [2.05, 4.69) is 102 Å². The number of unbranched alkanes of at least 4 members (excludes halogenated alkanes) is 13. The average molecular weight is 2010 g/mol. The SMILES string of the molecule is C=C(C[C@@H]1NC(=O)[C@H](CCCNCN)NC(=O)[C@@H](Cc2ccccc2)NC(=O)[C@@H]2C[C@@H](O)CN2C(=O)[C@@H](NC(=O)[C@H](CCCC)NC(=O)[C@H](CN(CC(=O)O)CC(=O)O)NC(=O)[C@H](C/C(N)=C/N)NC(=O)[C@H](CCC(N)=O)NC(=O)[C@H](CO)NC(=O)CNC(=O)COCCOCCNC(=O)CCCCCCCCCCCCCCCc2nnn[nH]2)CCC(=O)NCCCC[C@@H](C(N)=O)NC1=O)c1ccccc1N. The van der Waals surface area contributed by atoms with E-state index in [4.69, 9.17) is 43.9 Å². The van der Waals surface area contributed by atoms with E-state index >= 15 is 24.0 Å². The number of aromatic nitrogens is 4. The van der Waals surface area contributed by atoms with Crippen LogP contribution in [0.15, 0.2) is 73.1 Å². The third-order valence-electron chi connectivity index (χ3n) is 23.5. The van der Waals surface area contributed by atoms with Gasteiger partial charge in [0.05, 0.1) is 52.2 Å². The average Bonchev–Trinajstić information content (AvgIpc) is 1.67. The molecule has 2 aliphatic rings. The molecule has 0 radical (unpaired) electrons. The monoisotopic (exact) mass is 2010 g/mol. The summed E-state index contributed by atoms with van der Waals surface area (Å²) in [5, 5.41) is 91.3. The minimum Gasteiger partial charge on any atom is -0.480 e. The number of aliphatic hydroxyl groups is 2. The van der Waals surface area contributed by atoms with Gasteiger partial charge in [-0.2, -0.15) is 0 Å². The van der Waals surface area contributed by atoms with Crippen molar-refractivity contribution in [3.63, 3.8) is 0 Å². The number of fused-ring (bicyclic) bond motifs is 1. The van der Waals surface area contributed by atoms with Crippen LogP contribution < -0.4 is 109 Å². The summed E-state index contributed by atoms with van der Waals surface area (Å²) in [7, 11) is 0. The van der Waals surface area contributed by atoms with Crippen molar-refractivity contribution >= 4 is 118 Å². The van der Waals surface area contributed by atoms with Gasteiger partial charge >= 0.3 is 11.9 Å². The van der Waals surface area contributed by atoms with E-state index in [1.165, 1.54) is 51.4 Å². The summed E-state index contributed by atoms with van der Waals surface area (Å²) in [5.74, 6) is -18.3. The molecule has 50 heteroatoms. The topological polar surface area (TPSA) is 792 Å². The smallest absolute Gasteiger partial charge is 0.317 e. The van der Waals surface area contributed by atoms with Crippen molar-refractivity contribution in [1.82, 2.24) is 105 Å². The molecule has 2 fully saturated rings. The Bertz CT molecular complexity index is 4600. The lowest BCUT2D eigenvalue weighted by atomic mass is 9.97. The third-order valence-corrected chi connectivity index (χ3v) is 23.5. The van der Waals surface area contributed by atoms with Gasteiger partial charge in [-0.15, -0.1) is 5.10 Å². The quantitative estimate of drug-likeness (QED) is 0.0143. The number of tetrazole rings is 1. The Morgan fingerprint density at radius 3 is 1.85 bits per heavy atom. The van der Waals surface area contributed by atoms with E-state index in [1.807, 2.05) is 0 Å². The number of rotatable bonds is 63. The predicted molar refractivity (Wildman–Crippen MR) is 520 cm³/mol. The molecule has 0 bridgehead atoms. The molecule has 0 unspecified atom stereocenters. The van der Waals surface area contributed by atoms with Gasteiger partial charge in [0.25, 0.3) is 0 Å². The van der Waals surface area contributed by atoms with Crippen molar-refractivity contribution in [2.75, 3.05) is 97.8 Å². The molecular formula is C93H148N26O24. The molecule has 0 aliphatic carbocycles. The molecule has 1 aromatic heterocycles. The number of nitrogens with one attached hydrogen (secondary N) is 15. The number of hydrogen-bond acceptors (Lipinski definition) is 31. The van der Waals surface area contributed by atoms with Crippen molar-refractivity contribution in [1.29, 1.82) is 0 Å². The molecule has 2 saturated heterocycles. The number of hydrogen-bond donors (Lipinski definition) is 25. The molecule has 0 spiro atoms. The van der Waals surface area contributed by atoms with E-state index in [1.54, 1.807) is 61.5 Å². The van der Waals surface area contributed by atoms with E-state index in [-0.39, 0.29) is 116 Å². The molecule has 5 rings (SSSR count). The summed E-state index contributed by atoms with van der Waals surface area (Å²) in [6.45, 7) is 0.215. The first-order valence-corrected chi connectivity index (χ1v) is 48.7. The van der Waals surface area contributed by atoms with Crippen molar-refractivity contribution in [3.05, 3.63) is 90.0 Å². The van der Waals surface area contributed by atoms with E-state index in [9.17, 15) is 82.8 Å². The second kappa shape index (κ2) is 67.9. The Kier molecular flexibility index (Phi) is 57.0. The molecule has 31 N–H and O–H groups in total. The van der Waals surface area contributed by atoms with Crippen LogP contribution in [0.2, 0.25) is 0 Å². The molecule has 2 aromatic carbocycles. The number of anilines is 1. The molecule has 794 valence electrons. The van der Waals surface area contributed by atoms with Gasteiger partial charge in [-0.25, -0.2) is 5.10 Å². The van der Waals surface area contributed by atoms with Crippen LogP contribution in [0.1, 0.15) is 210 Å². The van der Waals surface area contributed by atoms with Crippen molar-refractivity contribution < 1.29 is 116 Å². The Labute approximate surface area is 830 Å². The van der Waals surface area contributed by atoms with Crippen LogP contribution in [-0.4, -0.2) is 322 Å². The number of nitrogens with zero attached hydrogens (tertiary/aromatic N) is 5. The highest BCUT2D eigenvalue weighted by atomic mass is 16.5. The molecule has 16 amide bonds. The van der Waals surface area contributed by atoms with Crippen LogP contribution in [0.25, 0.3) is 5.57 Å². The normalized spacial score (nSPS) is 18.5. The Morgan fingerprint density at radius 1 is 0.622 bits per heavy atom. The number of carboxylic acid groups (broad SMARTS) is 2. The number of amides is 16. The van der Waals surface area contributed by atoms with Crippen LogP contribution in [-0.2, 0) is 109 Å². The number of aliphatic carboxylic acids is 2. The fourth-order valence-corrected chi connectivity index (χ4v) is 15.8. The van der Waals surface area contributed by atoms with Crippen LogP contribution in [0.3, 0.4) is 0 Å². The number of benzene rings is 2. The van der Waals surface area contributed by atoms with Gasteiger partial charge in [0.1, 0.15) is 78.9 Å². The second-order valence-corrected chi connectivity index (χ2v) is 35.3. The van der Waals surface area contributed by atoms with Crippen LogP contribution in [0.5, 0.6) is 0 Å². The number of H-pyrrole nitrogens is 1. The summed E-state index contributed by atoms with van der Waals surface area (Å²) in [6, 6.07) is -4.13. The fraction of sp³-hybridized carbons (Fsp3) is 0.624. The van der Waals surface area contributed by atoms with E-state index < -0.39 is 258 Å². The molecule has 3 aromatic rings. The number of nitrogen functional groups attached to an aromatic ring is 1. The number of aryl methyl sites for hydroxylation is 1. The summed E-state index contributed by atoms with van der Waals surface area (Å²) in [6.07, 6.45) is 11.6. The van der Waals surface area contributed by atoms with Crippen molar-refractivity contribution in [3.8, 4) is 0 Å². The maximum absolute atomic E-state index is 15.5. The highest BCUT2D eigenvalue weighted by Gasteiger charge is 2.45. The zero-order chi connectivity index (χ0) is 105. The fourth-order valence-electron chi connectivity index (χ4n) is 15.8. The van der Waals surface area contributed by atoms with Gasteiger partial charge in [0.15, 0.2) is 0 Å². The van der Waals surface area contributed by atoms with Gasteiger partial charge in [-0.1, -0.05) is 146 Å². The first-order valence-electron chi connectivity index (χ1n) is 48.7. The molecular weight excluding hydrogens is 1870 g/mol. The van der Waals surface area contributed by atoms with Crippen molar-refractivity contribution in [2.24, 2.45) is 28.7 Å². The highest BCUT2D eigenvalue weighted by molar-refractivity contribution is 6.01. The Morgan fingerprint density at radius 2 is 1.22 bits per heavy atom. The first kappa shape index (κ1) is 120. The molecule has 0 saturated carbocycles. The van der Waals surface area contributed by atoms with E-state index in [0.717, 1.165) is 55.4 Å². The third kappa shape index (κ3) is 48.3. The predicted octanol–water partition coefficient (Wildman–Crippen LogP) is -4.87. The summed E-state index contributed by atoms with van der Waals surface area (Å²) >= 11 is 0. The van der Waals surface area contributed by atoms with E-state index in [0.29, 0.717) is 40.1 Å². The summed E-state index contributed by atoms with van der Waals surface area (Å²) in [4.78, 5) is 252. The van der Waals surface area contributed by atoms with Crippen molar-refractivity contribution in [2.45, 2.75) is 279 Å². The minimum atomic E-state index is -2.13. The minimum absolute atomic E-state index is 0.0378. The molecule has 50 nitrogen and oxygen atoms in total. The summed E-state index contributed by atoms with van der Waals surface area (Å²) in [5.41, 5.74) is 36.4. The molecule has 143 heavy (non-hydrogen) atoms. The first-order chi connectivity index (χ1) is 68.5. The molecule has 2 aliphatic heterocycles. The van der Waals surface area contributed by atoms with Crippen LogP contribution in [0.4, 0.5) is 5.69 Å². The van der Waals surface area contributed by atoms with Gasteiger partial charge < -0.3 is 144 Å². The number of carbonyl (C=O) groups excluding carboxylic acids is 16. The Balaban J connectivity index is 1.30. The maximum Gasteiger partial charge on any atom is 0.317 e. The lowest BCUT2D eigenvalue weighted by Crippen LogP contribution is -2.62. The summed E-state index contributed by atoms with van der Waals surface area (Å²) < 4.78 is 10.8. The number of aliphatic hydroxyl groups excluding tert-OH is 2. The zero-order valence-corrected chi connectivity index (χ0v) is 81.4. The number of carbonyl (C=O) groups is 18.